The Morgan fingerprint density at radius 3 is 2.56 bits per heavy atom. The molecule has 1 aliphatic heterocycles. The summed E-state index contributed by atoms with van der Waals surface area (Å²) >= 11 is 8.46. The van der Waals surface area contributed by atoms with E-state index in [0.717, 1.165) is 20.3 Å². The molecule has 10 nitrogen and oxygen atoms in total. The molecule has 1 aliphatic rings. The highest BCUT2D eigenvalue weighted by Gasteiger charge is 2.29. The van der Waals surface area contributed by atoms with E-state index in [4.69, 9.17) is 16.7 Å². The fraction of sp³-hybridized carbons (Fsp3) is 0.161. The number of aromatic nitrogens is 7. The van der Waals surface area contributed by atoms with Crippen LogP contribution in [-0.2, 0) is 26.4 Å². The minimum absolute atomic E-state index is 0.116. The Hall–Kier alpha value is -4.36. The number of fused-ring (bicyclic) bond motifs is 3. The average molecular weight is 703 g/mol. The smallest absolute Gasteiger partial charge is 0.261 e. The molecule has 3 aromatic heterocycles. The van der Waals surface area contributed by atoms with Crippen molar-refractivity contribution in [3.63, 3.8) is 0 Å². The van der Waals surface area contributed by atoms with Gasteiger partial charge in [-0.1, -0.05) is 41.9 Å². The van der Waals surface area contributed by atoms with Crippen LogP contribution < -0.4 is 5.56 Å². The number of rotatable bonds is 5. The first kappa shape index (κ1) is 27.5. The molecule has 0 aliphatic carbocycles. The van der Waals surface area contributed by atoms with Crippen LogP contribution in [0, 0.1) is 3.57 Å². The third kappa shape index (κ3) is 4.91. The van der Waals surface area contributed by atoms with Gasteiger partial charge >= 0.3 is 0 Å². The minimum atomic E-state index is -0.133. The third-order valence-electron chi connectivity index (χ3n) is 7.76. The standard InChI is InChI=1S/C31H24ClIN8O2/c1-38-28(35-36-37-38)20-7-10-23(11-8-20)40-29-22(15-19-5-3-2-4-6-19)17-34-41(29)27-18-39(14-13-24(27)31(40)43)30(42)21-9-12-26(33)25(32)16-21/h2-12,16-17H,13-15,18H2,1H3. The lowest BCUT2D eigenvalue weighted by atomic mass is 10.0. The number of tetrazole rings is 1. The fourth-order valence-electron chi connectivity index (χ4n) is 5.61. The van der Waals surface area contributed by atoms with Crippen LogP contribution in [-0.4, -0.2) is 51.7 Å². The molecule has 7 rings (SSSR count). The van der Waals surface area contributed by atoms with E-state index in [1.54, 1.807) is 33.3 Å². The molecule has 0 atom stereocenters. The molecular weight excluding hydrogens is 679 g/mol. The van der Waals surface area contributed by atoms with Gasteiger partial charge in [-0.15, -0.1) is 5.10 Å². The first-order valence-electron chi connectivity index (χ1n) is 13.6. The molecule has 12 heteroatoms. The predicted molar refractivity (Wildman–Crippen MR) is 170 cm³/mol. The van der Waals surface area contributed by atoms with Gasteiger partial charge in [-0.05, 0) is 87.5 Å². The van der Waals surface area contributed by atoms with Crippen molar-refractivity contribution < 1.29 is 4.79 Å². The van der Waals surface area contributed by atoms with Gasteiger partial charge in [-0.2, -0.15) is 5.10 Å². The molecule has 0 fully saturated rings. The van der Waals surface area contributed by atoms with Crippen molar-refractivity contribution >= 4 is 45.7 Å². The summed E-state index contributed by atoms with van der Waals surface area (Å²) in [5.74, 6) is 0.495. The summed E-state index contributed by atoms with van der Waals surface area (Å²) in [6, 6.07) is 23.0. The van der Waals surface area contributed by atoms with Gasteiger partial charge in [0.15, 0.2) is 5.82 Å². The summed E-state index contributed by atoms with van der Waals surface area (Å²) in [7, 11) is 1.78. The number of benzene rings is 3. The highest BCUT2D eigenvalue weighted by molar-refractivity contribution is 14.1. The molecule has 214 valence electrons. The van der Waals surface area contributed by atoms with Crippen LogP contribution in [0.3, 0.4) is 0 Å². The van der Waals surface area contributed by atoms with E-state index in [1.807, 2.05) is 59.2 Å². The van der Waals surface area contributed by atoms with Gasteiger partial charge in [0.25, 0.3) is 11.5 Å². The molecule has 0 unspecified atom stereocenters. The second kappa shape index (κ2) is 11.0. The van der Waals surface area contributed by atoms with Crippen molar-refractivity contribution in [2.45, 2.75) is 19.4 Å². The number of aryl methyl sites for hydroxylation is 1. The zero-order chi connectivity index (χ0) is 29.7. The summed E-state index contributed by atoms with van der Waals surface area (Å²) < 4.78 is 6.05. The lowest BCUT2D eigenvalue weighted by molar-refractivity contribution is 0.0729. The van der Waals surface area contributed by atoms with Crippen LogP contribution in [0.25, 0.3) is 22.7 Å². The van der Waals surface area contributed by atoms with E-state index in [1.165, 1.54) is 0 Å². The SMILES string of the molecule is Cn1nnnc1-c1ccc(-n2c(=O)c3c(n4ncc(Cc5ccccc5)c24)CN(C(=O)c2ccc(I)c(Cl)c2)CC3)cc1. The van der Waals surface area contributed by atoms with Gasteiger partial charge < -0.3 is 4.90 Å². The Bertz CT molecular complexity index is 2070. The monoisotopic (exact) mass is 702 g/mol. The summed E-state index contributed by atoms with van der Waals surface area (Å²) in [6.45, 7) is 0.668. The van der Waals surface area contributed by atoms with Crippen molar-refractivity contribution in [2.75, 3.05) is 6.54 Å². The van der Waals surface area contributed by atoms with E-state index in [2.05, 4.69) is 50.2 Å². The summed E-state index contributed by atoms with van der Waals surface area (Å²) in [4.78, 5) is 29.6. The Morgan fingerprint density at radius 1 is 1.05 bits per heavy atom. The van der Waals surface area contributed by atoms with Crippen LogP contribution in [0.1, 0.15) is 32.7 Å². The van der Waals surface area contributed by atoms with Crippen LogP contribution in [0.2, 0.25) is 5.02 Å². The molecule has 0 spiro atoms. The first-order valence-corrected chi connectivity index (χ1v) is 15.1. The maximum absolute atomic E-state index is 14.3. The molecule has 0 bridgehead atoms. The van der Waals surface area contributed by atoms with Gasteiger partial charge in [0, 0.05) is 45.8 Å². The van der Waals surface area contributed by atoms with Crippen molar-refractivity contribution in [3.8, 4) is 17.1 Å². The molecule has 6 aromatic rings. The lowest BCUT2D eigenvalue weighted by Gasteiger charge is -2.30. The average Bonchev–Trinajstić information content (AvgIpc) is 3.65. The van der Waals surface area contributed by atoms with Crippen LogP contribution >= 0.6 is 34.2 Å². The van der Waals surface area contributed by atoms with Crippen LogP contribution in [0.15, 0.2) is 83.8 Å². The largest absolute Gasteiger partial charge is 0.332 e. The molecule has 0 N–H and O–H groups in total. The number of amides is 1. The maximum atomic E-state index is 14.3. The number of halogens is 2. The predicted octanol–water partition coefficient (Wildman–Crippen LogP) is 4.72. The fourth-order valence-corrected chi connectivity index (χ4v) is 6.13. The Kier molecular flexibility index (Phi) is 7.06. The Labute approximate surface area is 264 Å². The highest BCUT2D eigenvalue weighted by atomic mass is 127. The van der Waals surface area contributed by atoms with Crippen LogP contribution in [0.5, 0.6) is 0 Å². The van der Waals surface area contributed by atoms with Gasteiger partial charge in [0.2, 0.25) is 0 Å². The number of hydrogen-bond acceptors (Lipinski definition) is 6. The van der Waals surface area contributed by atoms with Gasteiger partial charge in [-0.3, -0.25) is 14.2 Å². The molecule has 1 amide bonds. The minimum Gasteiger partial charge on any atom is -0.332 e. The van der Waals surface area contributed by atoms with Crippen molar-refractivity contribution in [2.24, 2.45) is 7.05 Å². The van der Waals surface area contributed by atoms with E-state index in [-0.39, 0.29) is 18.0 Å². The van der Waals surface area contributed by atoms with Crippen LogP contribution in [0.4, 0.5) is 0 Å². The number of carbonyl (C=O) groups excluding carboxylic acids is 1. The molecule has 0 saturated carbocycles. The highest BCUT2D eigenvalue weighted by Crippen LogP contribution is 2.27. The number of carbonyl (C=O) groups is 1. The quantitative estimate of drug-likeness (QED) is 0.241. The lowest BCUT2D eigenvalue weighted by Crippen LogP contribution is -2.41. The van der Waals surface area contributed by atoms with E-state index >= 15 is 0 Å². The van der Waals surface area contributed by atoms with Gasteiger partial charge in [0.05, 0.1) is 29.1 Å². The normalized spacial score (nSPS) is 13.0. The topological polar surface area (TPSA) is 103 Å². The summed E-state index contributed by atoms with van der Waals surface area (Å²) in [5, 5.41) is 17.1. The van der Waals surface area contributed by atoms with Gasteiger partial charge in [-0.25, -0.2) is 9.20 Å². The van der Waals surface area contributed by atoms with Gasteiger partial charge in [0.1, 0.15) is 5.65 Å². The molecule has 0 saturated heterocycles. The molecule has 0 radical (unpaired) electrons. The van der Waals surface area contributed by atoms with E-state index in [0.29, 0.717) is 58.4 Å². The zero-order valence-electron chi connectivity index (χ0n) is 23.0. The third-order valence-corrected chi connectivity index (χ3v) is 9.33. The summed E-state index contributed by atoms with van der Waals surface area (Å²) in [6.07, 6.45) is 2.82. The number of nitrogens with zero attached hydrogens (tertiary/aromatic N) is 8. The van der Waals surface area contributed by atoms with E-state index < -0.39 is 0 Å². The van der Waals surface area contributed by atoms with Crippen molar-refractivity contribution in [1.29, 1.82) is 0 Å². The summed E-state index contributed by atoms with van der Waals surface area (Å²) in [5.41, 5.74) is 5.98. The zero-order valence-corrected chi connectivity index (χ0v) is 25.9. The number of hydrogen-bond donors (Lipinski definition) is 0. The van der Waals surface area contributed by atoms with Crippen molar-refractivity contribution in [1.82, 2.24) is 39.3 Å². The second-order valence-corrected chi connectivity index (χ2v) is 12.0. The van der Waals surface area contributed by atoms with Crippen molar-refractivity contribution in [3.05, 3.63) is 126 Å². The Morgan fingerprint density at radius 2 is 1.84 bits per heavy atom. The first-order chi connectivity index (χ1) is 20.9. The molecule has 43 heavy (non-hydrogen) atoms. The molecule has 4 heterocycles. The second-order valence-electron chi connectivity index (χ2n) is 10.4. The Balaban J connectivity index is 1.35. The van der Waals surface area contributed by atoms with E-state index in [9.17, 15) is 9.59 Å². The molecule has 3 aromatic carbocycles. The maximum Gasteiger partial charge on any atom is 0.261 e. The molecular formula is C31H24ClIN8O2.